The number of carbonyl (C=O) groups excluding carboxylic acids is 4. The highest BCUT2D eigenvalue weighted by atomic mass is 16.5. The fourth-order valence-electron chi connectivity index (χ4n) is 2.37. The van der Waals surface area contributed by atoms with Crippen molar-refractivity contribution in [2.24, 2.45) is 10.2 Å². The molecule has 0 spiro atoms. The molecular weight excluding hydrogens is 428 g/mol. The molecular formula is C22H24N6O5. The van der Waals surface area contributed by atoms with Gasteiger partial charge in [-0.05, 0) is 35.4 Å². The Bertz CT molecular complexity index is 949. The van der Waals surface area contributed by atoms with Crippen molar-refractivity contribution >= 4 is 47.4 Å². The Morgan fingerprint density at radius 2 is 1.06 bits per heavy atom. The molecule has 172 valence electrons. The summed E-state index contributed by atoms with van der Waals surface area (Å²) in [5.41, 5.74) is 7.30. The van der Waals surface area contributed by atoms with E-state index in [9.17, 15) is 19.2 Å². The fraction of sp³-hybridized carbons (Fsp3) is 0.182. The van der Waals surface area contributed by atoms with Crippen LogP contribution >= 0.6 is 0 Å². The smallest absolute Gasteiger partial charge is 0.266 e. The molecule has 2 aromatic rings. The van der Waals surface area contributed by atoms with Gasteiger partial charge in [-0.25, -0.2) is 10.9 Å². The van der Waals surface area contributed by atoms with Crippen LogP contribution in [0.25, 0.3) is 0 Å². The van der Waals surface area contributed by atoms with Crippen molar-refractivity contribution in [1.82, 2.24) is 10.9 Å². The van der Waals surface area contributed by atoms with Crippen LogP contribution in [0.15, 0.2) is 58.7 Å². The lowest BCUT2D eigenvalue weighted by atomic mass is 10.2. The predicted molar refractivity (Wildman–Crippen MR) is 124 cm³/mol. The van der Waals surface area contributed by atoms with E-state index in [1.807, 2.05) is 0 Å². The first-order valence-corrected chi connectivity index (χ1v) is 9.78. The normalized spacial score (nSPS) is 10.7. The van der Waals surface area contributed by atoms with Gasteiger partial charge in [0.05, 0.1) is 12.4 Å². The standard InChI is InChI=1S/C22H24N6O5/c1-15(29)25-19-7-3-17(4-8-19)11-23-27-21(31)13-33-14-22(32)28-24-12-18-5-9-20(10-6-18)26-16(2)30/h3-12H,13-14H2,1-2H3,(H,25,29)(H,26,30)(H,27,31)(H,28,32)/b23-11-,24-12+. The van der Waals surface area contributed by atoms with E-state index in [4.69, 9.17) is 4.74 Å². The first-order valence-electron chi connectivity index (χ1n) is 9.78. The van der Waals surface area contributed by atoms with E-state index in [1.165, 1.54) is 26.3 Å². The van der Waals surface area contributed by atoms with E-state index in [-0.39, 0.29) is 25.0 Å². The summed E-state index contributed by atoms with van der Waals surface area (Å²) < 4.78 is 5.02. The lowest BCUT2D eigenvalue weighted by molar-refractivity contribution is -0.131. The molecule has 0 atom stereocenters. The van der Waals surface area contributed by atoms with Crippen LogP contribution in [0.5, 0.6) is 0 Å². The molecule has 0 aliphatic heterocycles. The summed E-state index contributed by atoms with van der Waals surface area (Å²) in [5, 5.41) is 12.9. The minimum Gasteiger partial charge on any atom is -0.362 e. The van der Waals surface area contributed by atoms with Crippen molar-refractivity contribution in [1.29, 1.82) is 0 Å². The number of hydrogen-bond donors (Lipinski definition) is 4. The Hall–Kier alpha value is -4.38. The van der Waals surface area contributed by atoms with E-state index in [0.29, 0.717) is 22.5 Å². The van der Waals surface area contributed by atoms with Crippen molar-refractivity contribution in [3.63, 3.8) is 0 Å². The maximum atomic E-state index is 11.7. The number of rotatable bonds is 10. The Balaban J connectivity index is 1.63. The molecule has 0 saturated carbocycles. The zero-order valence-electron chi connectivity index (χ0n) is 18.1. The first kappa shape index (κ1) is 24.9. The average molecular weight is 452 g/mol. The largest absolute Gasteiger partial charge is 0.362 e. The summed E-state index contributed by atoms with van der Waals surface area (Å²) in [4.78, 5) is 45.4. The molecule has 33 heavy (non-hydrogen) atoms. The topological polar surface area (TPSA) is 150 Å². The third-order valence-corrected chi connectivity index (χ3v) is 3.73. The summed E-state index contributed by atoms with van der Waals surface area (Å²) >= 11 is 0. The monoisotopic (exact) mass is 452 g/mol. The van der Waals surface area contributed by atoms with Crippen molar-refractivity contribution in [3.8, 4) is 0 Å². The highest BCUT2D eigenvalue weighted by Gasteiger charge is 2.04. The Morgan fingerprint density at radius 3 is 1.39 bits per heavy atom. The zero-order valence-corrected chi connectivity index (χ0v) is 18.1. The molecule has 0 saturated heterocycles. The van der Waals surface area contributed by atoms with Crippen LogP contribution in [0.3, 0.4) is 0 Å². The van der Waals surface area contributed by atoms with Gasteiger partial charge in [-0.1, -0.05) is 24.3 Å². The lowest BCUT2D eigenvalue weighted by Crippen LogP contribution is -2.28. The van der Waals surface area contributed by atoms with Gasteiger partial charge in [0.1, 0.15) is 13.2 Å². The molecule has 0 fully saturated rings. The number of benzene rings is 2. The number of nitrogens with one attached hydrogen (secondary N) is 4. The Morgan fingerprint density at radius 1 is 0.697 bits per heavy atom. The predicted octanol–water partition coefficient (Wildman–Crippen LogP) is 1.22. The van der Waals surface area contributed by atoms with E-state index < -0.39 is 11.8 Å². The van der Waals surface area contributed by atoms with Gasteiger partial charge in [0, 0.05) is 25.2 Å². The second-order valence-corrected chi connectivity index (χ2v) is 6.69. The summed E-state index contributed by atoms with van der Waals surface area (Å²) in [5.74, 6) is -1.40. The van der Waals surface area contributed by atoms with Gasteiger partial charge >= 0.3 is 0 Å². The summed E-state index contributed by atoms with van der Waals surface area (Å²) in [6.45, 7) is 2.11. The minimum atomic E-state index is -0.531. The van der Waals surface area contributed by atoms with Gasteiger partial charge in [0.2, 0.25) is 11.8 Å². The molecule has 0 aliphatic carbocycles. The number of hydrazone groups is 2. The maximum Gasteiger partial charge on any atom is 0.266 e. The SMILES string of the molecule is CC(=O)Nc1ccc(/C=N\NC(=O)COCC(=O)N/N=C/c2ccc(NC(C)=O)cc2)cc1. The van der Waals surface area contributed by atoms with E-state index in [1.54, 1.807) is 48.5 Å². The third kappa shape index (κ3) is 10.5. The van der Waals surface area contributed by atoms with E-state index in [0.717, 1.165) is 0 Å². The number of anilines is 2. The Labute approximate surface area is 190 Å². The molecule has 0 aromatic heterocycles. The van der Waals surface area contributed by atoms with Gasteiger partial charge in [0.15, 0.2) is 0 Å². The van der Waals surface area contributed by atoms with Crippen LogP contribution in [0, 0.1) is 0 Å². The average Bonchev–Trinajstić information content (AvgIpc) is 2.75. The molecule has 11 heteroatoms. The number of hydrogen-bond acceptors (Lipinski definition) is 7. The number of ether oxygens (including phenoxy) is 1. The summed E-state index contributed by atoms with van der Waals surface area (Å²) in [6.07, 6.45) is 2.86. The van der Waals surface area contributed by atoms with Gasteiger partial charge in [0.25, 0.3) is 11.8 Å². The van der Waals surface area contributed by atoms with Crippen molar-refractivity contribution in [3.05, 3.63) is 59.7 Å². The van der Waals surface area contributed by atoms with Crippen molar-refractivity contribution in [2.75, 3.05) is 23.8 Å². The second kappa shape index (κ2) is 13.1. The molecule has 0 aliphatic rings. The highest BCUT2D eigenvalue weighted by molar-refractivity contribution is 5.90. The maximum absolute atomic E-state index is 11.7. The van der Waals surface area contributed by atoms with Crippen LogP contribution in [-0.2, 0) is 23.9 Å². The van der Waals surface area contributed by atoms with Gasteiger partial charge < -0.3 is 15.4 Å². The quantitative estimate of drug-likeness (QED) is 0.316. The van der Waals surface area contributed by atoms with Gasteiger partial charge in [-0.15, -0.1) is 0 Å². The Kier molecular flexibility index (Phi) is 9.90. The summed E-state index contributed by atoms with van der Waals surface area (Å²) in [6, 6.07) is 13.7. The zero-order chi connectivity index (χ0) is 24.1. The molecule has 4 amide bonds. The number of carbonyl (C=O) groups is 4. The molecule has 4 N–H and O–H groups in total. The van der Waals surface area contributed by atoms with Crippen LogP contribution in [0.1, 0.15) is 25.0 Å². The number of nitrogens with zero attached hydrogens (tertiary/aromatic N) is 2. The number of amides is 4. The molecule has 2 rings (SSSR count). The minimum absolute atomic E-state index is 0.168. The first-order chi connectivity index (χ1) is 15.8. The third-order valence-electron chi connectivity index (χ3n) is 3.73. The van der Waals surface area contributed by atoms with Crippen molar-refractivity contribution < 1.29 is 23.9 Å². The molecule has 0 heterocycles. The van der Waals surface area contributed by atoms with E-state index in [2.05, 4.69) is 31.7 Å². The van der Waals surface area contributed by atoms with Crippen LogP contribution in [-0.4, -0.2) is 49.3 Å². The highest BCUT2D eigenvalue weighted by Crippen LogP contribution is 2.08. The van der Waals surface area contributed by atoms with E-state index >= 15 is 0 Å². The fourth-order valence-corrected chi connectivity index (χ4v) is 2.37. The second-order valence-electron chi connectivity index (χ2n) is 6.69. The molecule has 0 unspecified atom stereocenters. The van der Waals surface area contributed by atoms with Crippen LogP contribution in [0.4, 0.5) is 11.4 Å². The molecule has 11 nitrogen and oxygen atoms in total. The molecule has 2 aromatic carbocycles. The summed E-state index contributed by atoms with van der Waals surface area (Å²) in [7, 11) is 0. The molecule has 0 radical (unpaired) electrons. The van der Waals surface area contributed by atoms with Crippen molar-refractivity contribution in [2.45, 2.75) is 13.8 Å². The van der Waals surface area contributed by atoms with Crippen LogP contribution in [0.2, 0.25) is 0 Å². The van der Waals surface area contributed by atoms with Crippen LogP contribution < -0.4 is 21.5 Å². The molecule has 0 bridgehead atoms. The lowest BCUT2D eigenvalue weighted by Gasteiger charge is -2.03. The van der Waals surface area contributed by atoms with Gasteiger partial charge in [-0.3, -0.25) is 19.2 Å². The van der Waals surface area contributed by atoms with Gasteiger partial charge in [-0.2, -0.15) is 10.2 Å².